The van der Waals surface area contributed by atoms with Crippen LogP contribution in [0.5, 0.6) is 0 Å². The minimum atomic E-state index is -2.76. The van der Waals surface area contributed by atoms with Crippen LogP contribution in [0, 0.1) is 0 Å². The Labute approximate surface area is 95.1 Å². The van der Waals surface area contributed by atoms with Crippen LogP contribution in [-0.4, -0.2) is 13.2 Å². The first-order chi connectivity index (χ1) is 6.68. The fourth-order valence-corrected chi connectivity index (χ4v) is 1.83. The van der Waals surface area contributed by atoms with Gasteiger partial charge in [0.2, 0.25) is 0 Å². The molecular formula is C8H14ClO3PS. The van der Waals surface area contributed by atoms with Gasteiger partial charge in [0.25, 0.3) is 0 Å². The third-order valence-electron chi connectivity index (χ3n) is 1.21. The van der Waals surface area contributed by atoms with E-state index in [1.807, 2.05) is 26.0 Å². The SMILES string of the molecule is CC=CCOP(=S)(OCl)OCC=CC. The molecule has 0 spiro atoms. The monoisotopic (exact) mass is 256 g/mol. The quantitative estimate of drug-likeness (QED) is 0.514. The molecule has 14 heavy (non-hydrogen) atoms. The molecule has 0 aliphatic rings. The van der Waals surface area contributed by atoms with Crippen LogP contribution in [0.15, 0.2) is 24.3 Å². The molecule has 0 amide bonds. The zero-order chi connectivity index (χ0) is 10.9. The van der Waals surface area contributed by atoms with Crippen molar-refractivity contribution in [2.75, 3.05) is 13.2 Å². The Hall–Kier alpha value is 0.300. The van der Waals surface area contributed by atoms with Gasteiger partial charge in [0, 0.05) is 0 Å². The van der Waals surface area contributed by atoms with E-state index in [0.29, 0.717) is 13.2 Å². The van der Waals surface area contributed by atoms with Crippen molar-refractivity contribution in [1.29, 1.82) is 0 Å². The predicted molar refractivity (Wildman–Crippen MR) is 62.8 cm³/mol. The topological polar surface area (TPSA) is 27.7 Å². The van der Waals surface area contributed by atoms with Gasteiger partial charge in [-0.3, -0.25) is 0 Å². The van der Waals surface area contributed by atoms with E-state index in [2.05, 4.69) is 4.08 Å². The zero-order valence-electron chi connectivity index (χ0n) is 8.18. The molecule has 0 atom stereocenters. The van der Waals surface area contributed by atoms with Crippen LogP contribution in [0.25, 0.3) is 0 Å². The first-order valence-electron chi connectivity index (χ1n) is 4.10. The summed E-state index contributed by atoms with van der Waals surface area (Å²) in [7, 11) is 0. The molecule has 0 saturated carbocycles. The molecule has 0 aromatic rings. The number of hydrogen-bond acceptors (Lipinski definition) is 4. The molecule has 0 aliphatic heterocycles. The van der Waals surface area contributed by atoms with Crippen molar-refractivity contribution in [3.05, 3.63) is 24.3 Å². The normalized spacial score (nSPS) is 16.5. The second kappa shape index (κ2) is 8.60. The number of hydrogen-bond donors (Lipinski definition) is 0. The van der Waals surface area contributed by atoms with Crippen molar-refractivity contribution in [3.63, 3.8) is 0 Å². The first kappa shape index (κ1) is 14.3. The lowest BCUT2D eigenvalue weighted by atomic mass is 10.6. The molecule has 0 aromatic carbocycles. The molecule has 0 bridgehead atoms. The Morgan fingerprint density at radius 2 is 1.57 bits per heavy atom. The van der Waals surface area contributed by atoms with Gasteiger partial charge in [-0.25, -0.2) is 0 Å². The highest BCUT2D eigenvalue weighted by molar-refractivity contribution is 8.07. The van der Waals surface area contributed by atoms with Gasteiger partial charge in [-0.1, -0.05) is 24.3 Å². The van der Waals surface area contributed by atoms with Gasteiger partial charge in [-0.15, -0.1) is 0 Å². The predicted octanol–water partition coefficient (Wildman–Crippen LogP) is 3.57. The van der Waals surface area contributed by atoms with E-state index < -0.39 is 6.72 Å². The van der Waals surface area contributed by atoms with Gasteiger partial charge >= 0.3 is 6.72 Å². The van der Waals surface area contributed by atoms with E-state index in [-0.39, 0.29) is 0 Å². The van der Waals surface area contributed by atoms with Crippen LogP contribution in [0.4, 0.5) is 0 Å². The average molecular weight is 257 g/mol. The Morgan fingerprint density at radius 1 is 1.14 bits per heavy atom. The lowest BCUT2D eigenvalue weighted by molar-refractivity contribution is 0.239. The molecule has 0 fully saturated rings. The molecule has 0 aromatic heterocycles. The molecule has 6 heteroatoms. The number of halogens is 1. The van der Waals surface area contributed by atoms with Gasteiger partial charge in [-0.2, -0.15) is 4.08 Å². The summed E-state index contributed by atoms with van der Waals surface area (Å²) in [4.78, 5) is 0. The van der Waals surface area contributed by atoms with Crippen molar-refractivity contribution in [2.24, 2.45) is 0 Å². The summed E-state index contributed by atoms with van der Waals surface area (Å²) in [6.07, 6.45) is 7.30. The van der Waals surface area contributed by atoms with Crippen LogP contribution < -0.4 is 0 Å². The van der Waals surface area contributed by atoms with E-state index in [9.17, 15) is 0 Å². The summed E-state index contributed by atoms with van der Waals surface area (Å²) >= 11 is 10.2. The largest absolute Gasteiger partial charge is 0.344 e. The van der Waals surface area contributed by atoms with Crippen LogP contribution in [-0.2, 0) is 24.9 Å². The Balaban J connectivity index is 3.97. The highest BCUT2D eigenvalue weighted by Crippen LogP contribution is 2.50. The smallest absolute Gasteiger partial charge is 0.304 e. The van der Waals surface area contributed by atoms with Gasteiger partial charge in [0.15, 0.2) is 0 Å². The molecule has 3 nitrogen and oxygen atoms in total. The molecule has 0 unspecified atom stereocenters. The van der Waals surface area contributed by atoms with Gasteiger partial charge < -0.3 is 9.05 Å². The molecule has 0 N–H and O–H groups in total. The van der Waals surface area contributed by atoms with Crippen molar-refractivity contribution < 1.29 is 13.1 Å². The van der Waals surface area contributed by atoms with Crippen molar-refractivity contribution in [2.45, 2.75) is 13.8 Å². The van der Waals surface area contributed by atoms with Crippen LogP contribution in [0.2, 0.25) is 0 Å². The maximum atomic E-state index is 5.21. The lowest BCUT2D eigenvalue weighted by Gasteiger charge is -2.15. The van der Waals surface area contributed by atoms with Gasteiger partial charge in [0.05, 0.1) is 25.1 Å². The first-order valence-corrected chi connectivity index (χ1v) is 6.96. The third-order valence-corrected chi connectivity index (χ3v) is 3.96. The average Bonchev–Trinajstić information content (AvgIpc) is 2.19. The zero-order valence-corrected chi connectivity index (χ0v) is 10.6. The Bertz CT molecular complexity index is 223. The van der Waals surface area contributed by atoms with Crippen LogP contribution in [0.1, 0.15) is 13.8 Å². The van der Waals surface area contributed by atoms with Gasteiger partial charge in [-0.05, 0) is 25.7 Å². The fourth-order valence-electron chi connectivity index (χ4n) is 0.538. The van der Waals surface area contributed by atoms with Crippen molar-refractivity contribution >= 4 is 30.4 Å². The Kier molecular flexibility index (Phi) is 8.78. The van der Waals surface area contributed by atoms with Gasteiger partial charge in [0.1, 0.15) is 0 Å². The highest BCUT2D eigenvalue weighted by atomic mass is 35.5. The second-order valence-electron chi connectivity index (χ2n) is 2.25. The summed E-state index contributed by atoms with van der Waals surface area (Å²) in [5, 5.41) is 0. The lowest BCUT2D eigenvalue weighted by Crippen LogP contribution is -1.95. The fraction of sp³-hybridized carbons (Fsp3) is 0.500. The Morgan fingerprint density at radius 3 is 1.86 bits per heavy atom. The maximum Gasteiger partial charge on any atom is 0.344 e. The second-order valence-corrected chi connectivity index (χ2v) is 5.55. The number of allylic oxidation sites excluding steroid dienone is 2. The molecule has 0 radical (unpaired) electrons. The molecule has 0 aliphatic carbocycles. The van der Waals surface area contributed by atoms with E-state index in [1.165, 1.54) is 0 Å². The van der Waals surface area contributed by atoms with E-state index in [1.54, 1.807) is 12.2 Å². The summed E-state index contributed by atoms with van der Waals surface area (Å²) in [5.74, 6) is 0. The van der Waals surface area contributed by atoms with Crippen LogP contribution >= 0.6 is 18.6 Å². The van der Waals surface area contributed by atoms with Crippen molar-refractivity contribution in [3.8, 4) is 0 Å². The summed E-state index contributed by atoms with van der Waals surface area (Å²) in [6, 6.07) is 0. The minimum Gasteiger partial charge on any atom is -0.304 e. The van der Waals surface area contributed by atoms with Crippen LogP contribution in [0.3, 0.4) is 0 Å². The number of rotatable bonds is 7. The van der Waals surface area contributed by atoms with Crippen molar-refractivity contribution in [1.82, 2.24) is 0 Å². The maximum absolute atomic E-state index is 5.21. The van der Waals surface area contributed by atoms with E-state index in [0.717, 1.165) is 0 Å². The molecule has 0 saturated heterocycles. The standard InChI is InChI=1S/C8H14ClO3PS/c1-3-5-7-10-13(14,12-9)11-8-6-4-2/h3-6H,7-8H2,1-2H3. The van der Waals surface area contributed by atoms with E-state index >= 15 is 0 Å². The summed E-state index contributed by atoms with van der Waals surface area (Å²) < 4.78 is 14.9. The molecular weight excluding hydrogens is 243 g/mol. The summed E-state index contributed by atoms with van der Waals surface area (Å²) in [6.45, 7) is 1.69. The highest BCUT2D eigenvalue weighted by Gasteiger charge is 2.18. The van der Waals surface area contributed by atoms with E-state index in [4.69, 9.17) is 32.7 Å². The molecule has 0 rings (SSSR count). The third kappa shape index (κ3) is 6.71. The summed E-state index contributed by atoms with van der Waals surface area (Å²) in [5.41, 5.74) is 0. The molecule has 82 valence electrons. The molecule has 0 heterocycles. The minimum absolute atomic E-state index is 0.344.